The summed E-state index contributed by atoms with van der Waals surface area (Å²) >= 11 is 1.59. The number of benzene rings is 2. The Hall–Kier alpha value is -3.12. The molecule has 2 aromatic carbocycles. The van der Waals surface area contributed by atoms with Crippen LogP contribution in [0, 0.1) is 0 Å². The lowest BCUT2D eigenvalue weighted by atomic mass is 10.00. The molecule has 2 amide bonds. The van der Waals surface area contributed by atoms with Crippen molar-refractivity contribution in [3.05, 3.63) is 88.1 Å². The quantitative estimate of drug-likeness (QED) is 0.582. The van der Waals surface area contributed by atoms with Crippen molar-refractivity contribution in [2.75, 3.05) is 20.2 Å². The SMILES string of the molecule is COc1ccc([C@H]2C(=O)N(CCc3ccccc3)CC(=O)N2Cc2cccs2)cc1. The molecule has 1 aromatic heterocycles. The molecule has 1 fully saturated rings. The van der Waals surface area contributed by atoms with Crippen LogP contribution in [0.1, 0.15) is 22.0 Å². The zero-order chi connectivity index (χ0) is 20.9. The van der Waals surface area contributed by atoms with Crippen molar-refractivity contribution in [1.29, 1.82) is 0 Å². The van der Waals surface area contributed by atoms with Crippen LogP contribution >= 0.6 is 11.3 Å². The minimum atomic E-state index is -0.630. The van der Waals surface area contributed by atoms with Crippen LogP contribution in [0.25, 0.3) is 0 Å². The van der Waals surface area contributed by atoms with Crippen LogP contribution < -0.4 is 4.74 Å². The molecule has 0 spiro atoms. The van der Waals surface area contributed by atoms with Gasteiger partial charge in [-0.1, -0.05) is 48.5 Å². The lowest BCUT2D eigenvalue weighted by molar-refractivity contribution is -0.156. The van der Waals surface area contributed by atoms with Gasteiger partial charge in [0.05, 0.1) is 20.2 Å². The second-order valence-corrected chi connectivity index (χ2v) is 8.30. The molecule has 0 unspecified atom stereocenters. The number of hydrogen-bond donors (Lipinski definition) is 0. The lowest BCUT2D eigenvalue weighted by Gasteiger charge is -2.40. The standard InChI is InChI=1S/C24H24N2O3S/c1-29-20-11-9-19(10-12-20)23-24(28)25(14-13-18-6-3-2-4-7-18)17-22(27)26(23)16-21-8-5-15-30-21/h2-12,15,23H,13-14,16-17H2,1H3/t23-/m0/s1. The number of thiophene rings is 1. The third kappa shape index (κ3) is 4.39. The van der Waals surface area contributed by atoms with Crippen molar-refractivity contribution in [3.8, 4) is 5.75 Å². The van der Waals surface area contributed by atoms with Crippen LogP contribution in [0.3, 0.4) is 0 Å². The van der Waals surface area contributed by atoms with Crippen LogP contribution in [0.15, 0.2) is 72.1 Å². The highest BCUT2D eigenvalue weighted by molar-refractivity contribution is 7.09. The molecule has 0 radical (unpaired) electrons. The van der Waals surface area contributed by atoms with Gasteiger partial charge in [0.15, 0.2) is 0 Å². The molecular formula is C24H24N2O3S. The van der Waals surface area contributed by atoms with Gasteiger partial charge >= 0.3 is 0 Å². The summed E-state index contributed by atoms with van der Waals surface area (Å²) in [5.74, 6) is 0.656. The molecule has 0 N–H and O–H groups in total. The summed E-state index contributed by atoms with van der Waals surface area (Å²) in [4.78, 5) is 31.1. The van der Waals surface area contributed by atoms with E-state index >= 15 is 0 Å². The third-order valence-electron chi connectivity index (χ3n) is 5.35. The Morgan fingerprint density at radius 3 is 2.43 bits per heavy atom. The molecule has 154 valence electrons. The first kappa shape index (κ1) is 20.2. The van der Waals surface area contributed by atoms with Crippen molar-refractivity contribution in [2.24, 2.45) is 0 Å². The average Bonchev–Trinajstić information content (AvgIpc) is 3.29. The topological polar surface area (TPSA) is 49.9 Å². The Labute approximate surface area is 180 Å². The summed E-state index contributed by atoms with van der Waals surface area (Å²) in [6.45, 7) is 1.07. The monoisotopic (exact) mass is 420 g/mol. The van der Waals surface area contributed by atoms with Crippen molar-refractivity contribution in [1.82, 2.24) is 9.80 Å². The smallest absolute Gasteiger partial charge is 0.250 e. The molecule has 0 aliphatic carbocycles. The van der Waals surface area contributed by atoms with Crippen LogP contribution in [-0.4, -0.2) is 41.8 Å². The van der Waals surface area contributed by atoms with E-state index in [0.29, 0.717) is 13.1 Å². The molecule has 0 saturated carbocycles. The number of ether oxygens (including phenoxy) is 1. The van der Waals surface area contributed by atoms with Crippen LogP contribution in [0.4, 0.5) is 0 Å². The third-order valence-corrected chi connectivity index (χ3v) is 6.22. The molecular weight excluding hydrogens is 396 g/mol. The molecule has 0 bridgehead atoms. The zero-order valence-electron chi connectivity index (χ0n) is 16.9. The Balaban J connectivity index is 1.59. The van der Waals surface area contributed by atoms with E-state index in [0.717, 1.165) is 28.2 Å². The molecule has 3 aromatic rings. The molecule has 5 nitrogen and oxygen atoms in total. The first-order valence-electron chi connectivity index (χ1n) is 9.94. The molecule has 4 rings (SSSR count). The fourth-order valence-corrected chi connectivity index (χ4v) is 4.44. The molecule has 1 atom stereocenters. The lowest BCUT2D eigenvalue weighted by Crippen LogP contribution is -2.55. The number of carbonyl (C=O) groups excluding carboxylic acids is 2. The largest absolute Gasteiger partial charge is 0.497 e. The van der Waals surface area contributed by atoms with Crippen molar-refractivity contribution < 1.29 is 14.3 Å². The highest BCUT2D eigenvalue weighted by Gasteiger charge is 2.40. The Bertz CT molecular complexity index is 987. The van der Waals surface area contributed by atoms with Gasteiger partial charge in [-0.25, -0.2) is 0 Å². The molecule has 30 heavy (non-hydrogen) atoms. The highest BCUT2D eigenvalue weighted by atomic mass is 32.1. The molecule has 1 saturated heterocycles. The second kappa shape index (κ2) is 9.13. The van der Waals surface area contributed by atoms with Gasteiger partial charge in [0, 0.05) is 11.4 Å². The van der Waals surface area contributed by atoms with Gasteiger partial charge in [0.25, 0.3) is 5.91 Å². The van der Waals surface area contributed by atoms with Crippen molar-refractivity contribution >= 4 is 23.2 Å². The van der Waals surface area contributed by atoms with Crippen LogP contribution in [0.2, 0.25) is 0 Å². The van der Waals surface area contributed by atoms with E-state index < -0.39 is 6.04 Å². The van der Waals surface area contributed by atoms with Crippen LogP contribution in [0.5, 0.6) is 5.75 Å². The summed E-state index contributed by atoms with van der Waals surface area (Å²) in [7, 11) is 1.61. The summed E-state index contributed by atoms with van der Waals surface area (Å²) in [6, 6.07) is 20.8. The van der Waals surface area contributed by atoms with E-state index in [1.54, 1.807) is 28.2 Å². The van der Waals surface area contributed by atoms with Gasteiger partial charge in [-0.15, -0.1) is 11.3 Å². The van der Waals surface area contributed by atoms with Gasteiger partial charge < -0.3 is 14.5 Å². The van der Waals surface area contributed by atoms with E-state index in [1.165, 1.54) is 0 Å². The van der Waals surface area contributed by atoms with Gasteiger partial charge in [-0.2, -0.15) is 0 Å². The predicted molar refractivity (Wildman–Crippen MR) is 117 cm³/mol. The Kier molecular flexibility index (Phi) is 6.14. The van der Waals surface area contributed by atoms with E-state index in [9.17, 15) is 9.59 Å². The summed E-state index contributed by atoms with van der Waals surface area (Å²) in [5.41, 5.74) is 1.95. The van der Waals surface area contributed by atoms with E-state index in [-0.39, 0.29) is 18.4 Å². The number of hydrogen-bond acceptors (Lipinski definition) is 4. The molecule has 1 aliphatic heterocycles. The Morgan fingerprint density at radius 2 is 1.77 bits per heavy atom. The van der Waals surface area contributed by atoms with Crippen molar-refractivity contribution in [2.45, 2.75) is 19.0 Å². The maximum Gasteiger partial charge on any atom is 0.250 e. The maximum absolute atomic E-state index is 13.5. The van der Waals surface area contributed by atoms with E-state index in [1.807, 2.05) is 72.1 Å². The normalized spacial score (nSPS) is 16.8. The molecule has 1 aliphatic rings. The maximum atomic E-state index is 13.5. The minimum absolute atomic E-state index is 0.0307. The van der Waals surface area contributed by atoms with Crippen molar-refractivity contribution in [3.63, 3.8) is 0 Å². The van der Waals surface area contributed by atoms with Gasteiger partial charge in [-0.3, -0.25) is 9.59 Å². The number of amides is 2. The second-order valence-electron chi connectivity index (χ2n) is 7.27. The number of carbonyl (C=O) groups is 2. The van der Waals surface area contributed by atoms with Crippen LogP contribution in [-0.2, 0) is 22.6 Å². The average molecular weight is 421 g/mol. The van der Waals surface area contributed by atoms with E-state index in [2.05, 4.69) is 0 Å². The first-order valence-corrected chi connectivity index (χ1v) is 10.8. The predicted octanol–water partition coefficient (Wildman–Crippen LogP) is 3.91. The minimum Gasteiger partial charge on any atom is -0.497 e. The highest BCUT2D eigenvalue weighted by Crippen LogP contribution is 2.31. The summed E-state index contributed by atoms with van der Waals surface area (Å²) in [5, 5.41) is 1.99. The molecule has 6 heteroatoms. The summed E-state index contributed by atoms with van der Waals surface area (Å²) in [6.07, 6.45) is 0.722. The van der Waals surface area contributed by atoms with Gasteiger partial charge in [0.1, 0.15) is 11.8 Å². The molecule has 2 heterocycles. The fraction of sp³-hybridized carbons (Fsp3) is 0.250. The Morgan fingerprint density at radius 1 is 1.00 bits per heavy atom. The number of piperazine rings is 1. The van der Waals surface area contributed by atoms with Gasteiger partial charge in [0.2, 0.25) is 5.91 Å². The van der Waals surface area contributed by atoms with Gasteiger partial charge in [-0.05, 0) is 41.1 Å². The summed E-state index contributed by atoms with van der Waals surface area (Å²) < 4.78 is 5.25. The first-order chi connectivity index (χ1) is 14.7. The fourth-order valence-electron chi connectivity index (χ4n) is 3.74. The number of methoxy groups -OCH3 is 1. The zero-order valence-corrected chi connectivity index (χ0v) is 17.7. The number of rotatable bonds is 7. The number of nitrogens with zero attached hydrogens (tertiary/aromatic N) is 2. The van der Waals surface area contributed by atoms with E-state index in [4.69, 9.17) is 4.74 Å².